The topological polar surface area (TPSA) is 83.5 Å². The molecule has 1 aliphatic rings. The summed E-state index contributed by atoms with van der Waals surface area (Å²) in [6, 6.07) is 12.4. The zero-order chi connectivity index (χ0) is 21.3. The van der Waals surface area contributed by atoms with Crippen molar-refractivity contribution in [1.29, 1.82) is 0 Å². The SMILES string of the molecule is CCN(Cc1ccc2c(c1)OCCO2)C(=O)COC(=O)COc1ccc(OC)cc1. The van der Waals surface area contributed by atoms with E-state index in [2.05, 4.69) is 0 Å². The Labute approximate surface area is 175 Å². The Hall–Kier alpha value is -3.42. The molecule has 0 aliphatic carbocycles. The van der Waals surface area contributed by atoms with Crippen LogP contribution >= 0.6 is 0 Å². The van der Waals surface area contributed by atoms with E-state index in [9.17, 15) is 9.59 Å². The first-order valence-electron chi connectivity index (χ1n) is 9.68. The number of hydrogen-bond acceptors (Lipinski definition) is 7. The van der Waals surface area contributed by atoms with Gasteiger partial charge in [-0.25, -0.2) is 4.79 Å². The Balaban J connectivity index is 1.45. The summed E-state index contributed by atoms with van der Waals surface area (Å²) >= 11 is 0. The van der Waals surface area contributed by atoms with E-state index in [1.165, 1.54) is 0 Å². The molecule has 0 N–H and O–H groups in total. The molecule has 0 radical (unpaired) electrons. The molecule has 2 aromatic rings. The average Bonchev–Trinajstić information content (AvgIpc) is 2.79. The molecule has 1 heterocycles. The van der Waals surface area contributed by atoms with Crippen LogP contribution in [-0.2, 0) is 20.9 Å². The van der Waals surface area contributed by atoms with E-state index in [-0.39, 0.29) is 19.1 Å². The second-order valence-electron chi connectivity index (χ2n) is 6.51. The third kappa shape index (κ3) is 5.79. The van der Waals surface area contributed by atoms with Crippen molar-refractivity contribution in [2.24, 2.45) is 0 Å². The first-order chi connectivity index (χ1) is 14.6. The Bertz CT molecular complexity index is 866. The monoisotopic (exact) mass is 415 g/mol. The lowest BCUT2D eigenvalue weighted by molar-refractivity contribution is -0.153. The van der Waals surface area contributed by atoms with Crippen LogP contribution in [0.3, 0.4) is 0 Å². The quantitative estimate of drug-likeness (QED) is 0.582. The number of fused-ring (bicyclic) bond motifs is 1. The number of hydrogen-bond donors (Lipinski definition) is 0. The van der Waals surface area contributed by atoms with Crippen LogP contribution in [0.5, 0.6) is 23.0 Å². The van der Waals surface area contributed by atoms with Crippen molar-refractivity contribution in [2.75, 3.05) is 40.1 Å². The molecule has 8 nitrogen and oxygen atoms in total. The number of carbonyl (C=O) groups excluding carboxylic acids is 2. The maximum Gasteiger partial charge on any atom is 0.344 e. The van der Waals surface area contributed by atoms with Crippen molar-refractivity contribution >= 4 is 11.9 Å². The second-order valence-corrected chi connectivity index (χ2v) is 6.51. The number of nitrogens with zero attached hydrogens (tertiary/aromatic N) is 1. The molecule has 0 bridgehead atoms. The van der Waals surface area contributed by atoms with Crippen molar-refractivity contribution in [3.8, 4) is 23.0 Å². The smallest absolute Gasteiger partial charge is 0.344 e. The number of amides is 1. The number of likely N-dealkylation sites (N-methyl/N-ethyl adjacent to an activating group) is 1. The molecule has 0 saturated carbocycles. The summed E-state index contributed by atoms with van der Waals surface area (Å²) in [5.41, 5.74) is 0.906. The summed E-state index contributed by atoms with van der Waals surface area (Å²) < 4.78 is 26.6. The molecule has 0 unspecified atom stereocenters. The minimum atomic E-state index is -0.616. The van der Waals surface area contributed by atoms with Gasteiger partial charge in [0.1, 0.15) is 24.7 Å². The average molecular weight is 415 g/mol. The molecule has 0 atom stereocenters. The van der Waals surface area contributed by atoms with Crippen LogP contribution in [0.1, 0.15) is 12.5 Å². The van der Waals surface area contributed by atoms with E-state index in [0.29, 0.717) is 49.3 Å². The molecule has 160 valence electrons. The van der Waals surface area contributed by atoms with Gasteiger partial charge in [0.2, 0.25) is 0 Å². The largest absolute Gasteiger partial charge is 0.497 e. The number of benzene rings is 2. The van der Waals surface area contributed by atoms with E-state index >= 15 is 0 Å². The minimum Gasteiger partial charge on any atom is -0.497 e. The van der Waals surface area contributed by atoms with Crippen molar-refractivity contribution in [3.63, 3.8) is 0 Å². The fourth-order valence-electron chi connectivity index (χ4n) is 2.87. The molecule has 30 heavy (non-hydrogen) atoms. The van der Waals surface area contributed by atoms with Gasteiger partial charge in [-0.3, -0.25) is 4.79 Å². The van der Waals surface area contributed by atoms with Gasteiger partial charge in [-0.05, 0) is 48.9 Å². The molecule has 0 fully saturated rings. The minimum absolute atomic E-state index is 0.284. The maximum absolute atomic E-state index is 12.5. The molecule has 3 rings (SSSR count). The van der Waals surface area contributed by atoms with E-state index in [1.807, 2.05) is 25.1 Å². The zero-order valence-electron chi connectivity index (χ0n) is 17.1. The Morgan fingerprint density at radius 1 is 0.967 bits per heavy atom. The Kier molecular flexibility index (Phi) is 7.37. The number of rotatable bonds is 9. The lowest BCUT2D eigenvalue weighted by Gasteiger charge is -2.23. The van der Waals surface area contributed by atoms with Crippen LogP contribution in [0.15, 0.2) is 42.5 Å². The van der Waals surface area contributed by atoms with E-state index in [4.69, 9.17) is 23.7 Å². The lowest BCUT2D eigenvalue weighted by atomic mass is 10.2. The van der Waals surface area contributed by atoms with Crippen LogP contribution in [0.25, 0.3) is 0 Å². The second kappa shape index (κ2) is 10.4. The van der Waals surface area contributed by atoms with Crippen LogP contribution in [0.2, 0.25) is 0 Å². The molecule has 2 aromatic carbocycles. The van der Waals surface area contributed by atoms with Crippen molar-refractivity contribution in [1.82, 2.24) is 4.90 Å². The van der Waals surface area contributed by atoms with Crippen molar-refractivity contribution < 1.29 is 33.3 Å². The molecule has 1 amide bonds. The summed E-state index contributed by atoms with van der Waals surface area (Å²) in [5.74, 6) is 1.66. The van der Waals surface area contributed by atoms with Crippen LogP contribution in [0, 0.1) is 0 Å². The van der Waals surface area contributed by atoms with Gasteiger partial charge >= 0.3 is 5.97 Å². The normalized spacial score (nSPS) is 12.1. The highest BCUT2D eigenvalue weighted by Gasteiger charge is 2.17. The van der Waals surface area contributed by atoms with Gasteiger partial charge in [0.05, 0.1) is 7.11 Å². The third-order valence-corrected chi connectivity index (χ3v) is 4.49. The summed E-state index contributed by atoms with van der Waals surface area (Å²) in [5, 5.41) is 0. The number of ether oxygens (including phenoxy) is 5. The van der Waals surface area contributed by atoms with Gasteiger partial charge in [0, 0.05) is 13.1 Å². The zero-order valence-corrected chi connectivity index (χ0v) is 17.1. The molecule has 0 saturated heterocycles. The highest BCUT2D eigenvalue weighted by atomic mass is 16.6. The highest BCUT2D eigenvalue weighted by Crippen LogP contribution is 2.31. The fraction of sp³-hybridized carbons (Fsp3) is 0.364. The van der Waals surface area contributed by atoms with Gasteiger partial charge in [-0.15, -0.1) is 0 Å². The van der Waals surface area contributed by atoms with E-state index < -0.39 is 5.97 Å². The number of methoxy groups -OCH3 is 1. The molecular weight excluding hydrogens is 390 g/mol. The van der Waals surface area contributed by atoms with Crippen LogP contribution in [0.4, 0.5) is 0 Å². The highest BCUT2D eigenvalue weighted by molar-refractivity contribution is 5.81. The third-order valence-electron chi connectivity index (χ3n) is 4.49. The Morgan fingerprint density at radius 3 is 2.37 bits per heavy atom. The molecular formula is C22H25NO7. The predicted molar refractivity (Wildman–Crippen MR) is 108 cm³/mol. The fourth-order valence-corrected chi connectivity index (χ4v) is 2.87. The standard InChI is InChI=1S/C22H25NO7/c1-3-23(13-16-4-9-19-20(12-16)28-11-10-27-19)21(24)14-30-22(25)15-29-18-7-5-17(26-2)6-8-18/h4-9,12H,3,10-11,13-15H2,1-2H3. The number of esters is 1. The van der Waals surface area contributed by atoms with Gasteiger partial charge in [0.25, 0.3) is 5.91 Å². The summed E-state index contributed by atoms with van der Waals surface area (Å²) in [6.07, 6.45) is 0. The van der Waals surface area contributed by atoms with Crippen LogP contribution in [-0.4, -0.2) is 56.9 Å². The summed E-state index contributed by atoms with van der Waals surface area (Å²) in [7, 11) is 1.57. The van der Waals surface area contributed by atoms with Gasteiger partial charge in [-0.2, -0.15) is 0 Å². The number of carbonyl (C=O) groups is 2. The first-order valence-corrected chi connectivity index (χ1v) is 9.68. The van der Waals surface area contributed by atoms with Crippen molar-refractivity contribution in [3.05, 3.63) is 48.0 Å². The van der Waals surface area contributed by atoms with E-state index in [1.54, 1.807) is 36.3 Å². The van der Waals surface area contributed by atoms with Gasteiger partial charge < -0.3 is 28.6 Å². The molecule has 1 aliphatic heterocycles. The first kappa shape index (κ1) is 21.3. The van der Waals surface area contributed by atoms with Gasteiger partial charge in [0.15, 0.2) is 24.7 Å². The Morgan fingerprint density at radius 2 is 1.67 bits per heavy atom. The predicted octanol–water partition coefficient (Wildman–Crippen LogP) is 2.44. The molecule has 0 aromatic heterocycles. The van der Waals surface area contributed by atoms with Crippen LogP contribution < -0.4 is 18.9 Å². The summed E-state index contributed by atoms with van der Waals surface area (Å²) in [6.45, 7) is 3.13. The van der Waals surface area contributed by atoms with E-state index in [0.717, 1.165) is 5.56 Å². The van der Waals surface area contributed by atoms with Gasteiger partial charge in [-0.1, -0.05) is 6.07 Å². The molecule has 8 heteroatoms. The lowest BCUT2D eigenvalue weighted by Crippen LogP contribution is -2.34. The molecule has 0 spiro atoms. The summed E-state index contributed by atoms with van der Waals surface area (Å²) in [4.78, 5) is 26.0. The maximum atomic E-state index is 12.5. The van der Waals surface area contributed by atoms with Crippen molar-refractivity contribution in [2.45, 2.75) is 13.5 Å².